The van der Waals surface area contributed by atoms with Gasteiger partial charge in [-0.05, 0) is 43.3 Å². The van der Waals surface area contributed by atoms with E-state index in [1.807, 2.05) is 12.1 Å². The molecule has 0 spiro atoms. The molecular formula is C18H22N4O2. The number of benzene rings is 1. The van der Waals surface area contributed by atoms with E-state index in [2.05, 4.69) is 41.8 Å². The van der Waals surface area contributed by atoms with Gasteiger partial charge in [-0.1, -0.05) is 20.4 Å². The molecule has 0 fully saturated rings. The number of nitriles is 1. The number of nitrogens with zero attached hydrogens (tertiary/aromatic N) is 3. The quantitative estimate of drug-likeness (QED) is 0.840. The smallest absolute Gasteiger partial charge is 0.227 e. The number of ether oxygens (including phenoxy) is 1. The third-order valence-corrected chi connectivity index (χ3v) is 3.49. The molecule has 2 aromatic rings. The molecule has 3 N–H and O–H groups in total. The monoisotopic (exact) mass is 326 g/mol. The summed E-state index contributed by atoms with van der Waals surface area (Å²) in [6.07, 6.45) is 5.12. The van der Waals surface area contributed by atoms with Gasteiger partial charge in [-0.3, -0.25) is 0 Å². The summed E-state index contributed by atoms with van der Waals surface area (Å²) in [6, 6.07) is 9.52. The number of aromatic nitrogens is 2. The van der Waals surface area contributed by atoms with Crippen LogP contribution < -0.4 is 10.1 Å². The number of hydrogen-bond donors (Lipinski definition) is 1. The van der Waals surface area contributed by atoms with Crippen molar-refractivity contribution >= 4 is 5.95 Å². The standard InChI is InChI=1S/C18H20N4O.H2O/c1-4-15(5-2)23-17-8-7-13(11-14(17)12-19)16-9-10-21-18(22-16)20-6-3;/h6-11,15H,3-5H2,1-2H3,(H,20,21,22);1H2. The fraction of sp³-hybridized carbons (Fsp3) is 0.278. The zero-order valence-electron chi connectivity index (χ0n) is 13.9. The minimum absolute atomic E-state index is 0. The molecule has 0 bridgehead atoms. The molecule has 0 saturated carbocycles. The van der Waals surface area contributed by atoms with E-state index in [0.717, 1.165) is 24.1 Å². The molecule has 24 heavy (non-hydrogen) atoms. The SMILES string of the molecule is C=CNc1nccc(-c2ccc(OC(CC)CC)c(C#N)c2)n1.O. The van der Waals surface area contributed by atoms with Gasteiger partial charge in [-0.25, -0.2) is 9.97 Å². The molecule has 126 valence electrons. The van der Waals surface area contributed by atoms with Gasteiger partial charge in [0.2, 0.25) is 5.95 Å². The van der Waals surface area contributed by atoms with Gasteiger partial charge in [-0.2, -0.15) is 5.26 Å². The average Bonchev–Trinajstić information content (AvgIpc) is 2.60. The van der Waals surface area contributed by atoms with Crippen LogP contribution in [-0.4, -0.2) is 21.5 Å². The maximum atomic E-state index is 9.40. The Morgan fingerprint density at radius 2 is 2.08 bits per heavy atom. The van der Waals surface area contributed by atoms with Crippen LogP contribution in [0, 0.1) is 11.3 Å². The maximum Gasteiger partial charge on any atom is 0.227 e. The van der Waals surface area contributed by atoms with Crippen LogP contribution in [0.1, 0.15) is 32.3 Å². The molecule has 0 aliphatic carbocycles. The molecule has 0 unspecified atom stereocenters. The Morgan fingerprint density at radius 1 is 1.33 bits per heavy atom. The number of nitrogens with one attached hydrogen (secondary N) is 1. The Bertz CT molecular complexity index is 721. The van der Waals surface area contributed by atoms with Crippen LogP contribution in [0.2, 0.25) is 0 Å². The Hall–Kier alpha value is -2.91. The lowest BCUT2D eigenvalue weighted by atomic mass is 10.1. The highest BCUT2D eigenvalue weighted by atomic mass is 16.5. The lowest BCUT2D eigenvalue weighted by Gasteiger charge is -2.17. The molecule has 1 aromatic heterocycles. The van der Waals surface area contributed by atoms with E-state index < -0.39 is 0 Å². The Kier molecular flexibility index (Phi) is 7.40. The predicted molar refractivity (Wildman–Crippen MR) is 94.6 cm³/mol. The fourth-order valence-corrected chi connectivity index (χ4v) is 2.19. The second kappa shape index (κ2) is 9.28. The predicted octanol–water partition coefficient (Wildman–Crippen LogP) is 3.31. The number of hydrogen-bond acceptors (Lipinski definition) is 5. The third-order valence-electron chi connectivity index (χ3n) is 3.49. The second-order valence-electron chi connectivity index (χ2n) is 4.99. The van der Waals surface area contributed by atoms with E-state index in [0.29, 0.717) is 17.3 Å². The van der Waals surface area contributed by atoms with E-state index in [4.69, 9.17) is 4.74 Å². The Labute approximate surface area is 142 Å². The fourth-order valence-electron chi connectivity index (χ4n) is 2.19. The first-order valence-corrected chi connectivity index (χ1v) is 7.63. The summed E-state index contributed by atoms with van der Waals surface area (Å²) in [5.74, 6) is 1.08. The van der Waals surface area contributed by atoms with Gasteiger partial charge in [0.05, 0.1) is 17.4 Å². The van der Waals surface area contributed by atoms with Gasteiger partial charge in [0.1, 0.15) is 11.8 Å². The van der Waals surface area contributed by atoms with E-state index in [-0.39, 0.29) is 11.6 Å². The normalized spacial score (nSPS) is 9.75. The molecule has 0 aliphatic rings. The van der Waals surface area contributed by atoms with Crippen LogP contribution in [0.15, 0.2) is 43.2 Å². The molecule has 6 heteroatoms. The zero-order valence-corrected chi connectivity index (χ0v) is 13.9. The van der Waals surface area contributed by atoms with Crippen molar-refractivity contribution in [1.82, 2.24) is 9.97 Å². The first-order valence-electron chi connectivity index (χ1n) is 7.63. The molecule has 1 aromatic carbocycles. The van der Waals surface area contributed by atoms with Crippen molar-refractivity contribution in [1.29, 1.82) is 5.26 Å². The van der Waals surface area contributed by atoms with Gasteiger partial charge in [0, 0.05) is 11.8 Å². The highest BCUT2D eigenvalue weighted by Gasteiger charge is 2.11. The van der Waals surface area contributed by atoms with Gasteiger partial charge in [-0.15, -0.1) is 0 Å². The topological polar surface area (TPSA) is 102 Å². The van der Waals surface area contributed by atoms with Crippen LogP contribution >= 0.6 is 0 Å². The summed E-state index contributed by atoms with van der Waals surface area (Å²) in [5, 5.41) is 12.2. The van der Waals surface area contributed by atoms with Crippen LogP contribution in [0.3, 0.4) is 0 Å². The largest absolute Gasteiger partial charge is 0.489 e. The number of rotatable bonds is 7. The zero-order chi connectivity index (χ0) is 16.7. The molecule has 0 atom stereocenters. The molecule has 1 heterocycles. The highest BCUT2D eigenvalue weighted by Crippen LogP contribution is 2.27. The van der Waals surface area contributed by atoms with Crippen molar-refractivity contribution in [2.75, 3.05) is 5.32 Å². The van der Waals surface area contributed by atoms with Crippen molar-refractivity contribution in [2.45, 2.75) is 32.8 Å². The molecule has 0 saturated heterocycles. The summed E-state index contributed by atoms with van der Waals surface area (Å²) in [4.78, 5) is 8.48. The Morgan fingerprint density at radius 3 is 2.71 bits per heavy atom. The minimum atomic E-state index is 0. The summed E-state index contributed by atoms with van der Waals surface area (Å²) >= 11 is 0. The molecular weight excluding hydrogens is 304 g/mol. The van der Waals surface area contributed by atoms with E-state index >= 15 is 0 Å². The first kappa shape index (κ1) is 19.1. The van der Waals surface area contributed by atoms with Crippen LogP contribution in [0.4, 0.5) is 5.95 Å². The van der Waals surface area contributed by atoms with Gasteiger partial charge in [0.15, 0.2) is 0 Å². The van der Waals surface area contributed by atoms with Crippen molar-refractivity contribution < 1.29 is 10.2 Å². The van der Waals surface area contributed by atoms with E-state index in [1.165, 1.54) is 6.20 Å². The molecule has 0 aliphatic heterocycles. The van der Waals surface area contributed by atoms with Crippen LogP contribution in [0.25, 0.3) is 11.3 Å². The van der Waals surface area contributed by atoms with Crippen molar-refractivity contribution in [3.05, 3.63) is 48.8 Å². The lowest BCUT2D eigenvalue weighted by Crippen LogP contribution is -2.14. The van der Waals surface area contributed by atoms with Crippen molar-refractivity contribution in [3.8, 4) is 23.1 Å². The highest BCUT2D eigenvalue weighted by molar-refractivity contribution is 5.64. The van der Waals surface area contributed by atoms with Gasteiger partial charge >= 0.3 is 0 Å². The molecule has 0 amide bonds. The number of anilines is 1. The van der Waals surface area contributed by atoms with Crippen molar-refractivity contribution in [3.63, 3.8) is 0 Å². The van der Waals surface area contributed by atoms with Gasteiger partial charge in [0.25, 0.3) is 0 Å². The van der Waals surface area contributed by atoms with Crippen LogP contribution in [0.5, 0.6) is 5.75 Å². The molecule has 0 radical (unpaired) electrons. The third kappa shape index (κ3) is 4.54. The summed E-state index contributed by atoms with van der Waals surface area (Å²) in [6.45, 7) is 7.74. The van der Waals surface area contributed by atoms with E-state index in [1.54, 1.807) is 18.3 Å². The van der Waals surface area contributed by atoms with E-state index in [9.17, 15) is 5.26 Å². The minimum Gasteiger partial charge on any atom is -0.489 e. The van der Waals surface area contributed by atoms with Crippen LogP contribution in [-0.2, 0) is 0 Å². The van der Waals surface area contributed by atoms with Gasteiger partial charge < -0.3 is 15.5 Å². The summed E-state index contributed by atoms with van der Waals surface area (Å²) < 4.78 is 5.91. The Balaban J connectivity index is 0.00000288. The van der Waals surface area contributed by atoms with Crippen molar-refractivity contribution in [2.24, 2.45) is 0 Å². The summed E-state index contributed by atoms with van der Waals surface area (Å²) in [7, 11) is 0. The lowest BCUT2D eigenvalue weighted by molar-refractivity contribution is 0.192. The first-order chi connectivity index (χ1) is 11.2. The average molecular weight is 326 g/mol. The molecule has 2 rings (SSSR count). The summed E-state index contributed by atoms with van der Waals surface area (Å²) in [5.41, 5.74) is 2.08. The second-order valence-corrected chi connectivity index (χ2v) is 4.99. The maximum absolute atomic E-state index is 9.40. The molecule has 6 nitrogen and oxygen atoms in total.